The lowest BCUT2D eigenvalue weighted by Gasteiger charge is -2.17. The van der Waals surface area contributed by atoms with Crippen LogP contribution in [0, 0.1) is 11.6 Å². The lowest BCUT2D eigenvalue weighted by molar-refractivity contribution is 0.114. The van der Waals surface area contributed by atoms with E-state index in [0.29, 0.717) is 46.0 Å². The molecule has 10 nitrogen and oxygen atoms in total. The molecule has 40 heavy (non-hydrogen) atoms. The van der Waals surface area contributed by atoms with Crippen molar-refractivity contribution in [3.63, 3.8) is 0 Å². The van der Waals surface area contributed by atoms with E-state index in [1.807, 2.05) is 11.9 Å². The zero-order valence-electron chi connectivity index (χ0n) is 22.4. The number of halogens is 2. The smallest absolute Gasteiger partial charge is 0.343 e. The van der Waals surface area contributed by atoms with E-state index in [0.717, 1.165) is 22.3 Å². The number of carbonyl (C=O) groups excluding carboxylic acids is 1. The molecule has 0 aliphatic carbocycles. The third-order valence-corrected chi connectivity index (χ3v) is 7.66. The van der Waals surface area contributed by atoms with Crippen molar-refractivity contribution in [1.29, 1.82) is 0 Å². The summed E-state index contributed by atoms with van der Waals surface area (Å²) in [4.78, 5) is 46.1. The maximum absolute atomic E-state index is 14.6. The van der Waals surface area contributed by atoms with E-state index in [2.05, 4.69) is 15.6 Å². The number of likely N-dealkylation sites (N-methyl/N-ethyl adjacent to an activating group) is 1. The van der Waals surface area contributed by atoms with Gasteiger partial charge in [0.15, 0.2) is 0 Å². The maximum atomic E-state index is 14.6. The second kappa shape index (κ2) is 12.5. The summed E-state index contributed by atoms with van der Waals surface area (Å²) in [6.07, 6.45) is 0. The zero-order chi connectivity index (χ0) is 29.0. The van der Waals surface area contributed by atoms with E-state index in [4.69, 9.17) is 4.74 Å². The molecule has 4 aromatic rings. The largest absolute Gasteiger partial charge is 0.383 e. The second-order valence-corrected chi connectivity index (χ2v) is 10.1. The van der Waals surface area contributed by atoms with Gasteiger partial charge in [0, 0.05) is 43.4 Å². The Morgan fingerprint density at radius 2 is 1.73 bits per heavy atom. The fraction of sp³-hybridized carbons (Fsp3) is 0.296. The number of fused-ring (bicyclic) bond motifs is 1. The molecule has 2 amide bonds. The number of urea groups is 1. The van der Waals surface area contributed by atoms with Crippen LogP contribution in [-0.4, -0.2) is 54.5 Å². The van der Waals surface area contributed by atoms with Crippen molar-refractivity contribution in [2.75, 3.05) is 39.7 Å². The van der Waals surface area contributed by atoms with Gasteiger partial charge in [0.05, 0.1) is 25.6 Å². The molecule has 0 spiro atoms. The molecule has 0 bridgehead atoms. The minimum Gasteiger partial charge on any atom is -0.383 e. The standard InChI is InChI=1S/C27H29F2N5O5S/c1-32(12-13-38-3)14-19-22-24(35)33(2)27(37)34(15-18-20(28)6-5-7-21(18)29)25(22)40-23(19)16-8-10-17(11-9-16)30-26(36)31-39-4/h5-11H,12-15H2,1-4H3,(H2,30,31,36). The van der Waals surface area contributed by atoms with Gasteiger partial charge in [0.2, 0.25) is 0 Å². The molecular formula is C27H29F2N5O5S. The van der Waals surface area contributed by atoms with Crippen LogP contribution < -0.4 is 22.0 Å². The number of rotatable bonds is 10. The van der Waals surface area contributed by atoms with Crippen LogP contribution in [-0.2, 0) is 29.7 Å². The van der Waals surface area contributed by atoms with Crippen LogP contribution in [0.1, 0.15) is 11.1 Å². The van der Waals surface area contributed by atoms with E-state index >= 15 is 0 Å². The molecular weight excluding hydrogens is 544 g/mol. The number of nitrogens with one attached hydrogen (secondary N) is 2. The quantitative estimate of drug-likeness (QED) is 0.281. The van der Waals surface area contributed by atoms with E-state index in [9.17, 15) is 23.2 Å². The molecule has 2 N–H and O–H groups in total. The molecule has 0 aliphatic rings. The van der Waals surface area contributed by atoms with Crippen LogP contribution in [0.25, 0.3) is 20.7 Å². The van der Waals surface area contributed by atoms with Gasteiger partial charge in [0.1, 0.15) is 16.5 Å². The van der Waals surface area contributed by atoms with Gasteiger partial charge in [-0.15, -0.1) is 11.3 Å². The van der Waals surface area contributed by atoms with Crippen LogP contribution in [0.4, 0.5) is 19.3 Å². The fourth-order valence-corrected chi connectivity index (χ4v) is 5.60. The number of hydroxylamine groups is 1. The molecule has 2 heterocycles. The van der Waals surface area contributed by atoms with Gasteiger partial charge in [-0.05, 0) is 42.4 Å². The highest BCUT2D eigenvalue weighted by Crippen LogP contribution is 2.38. The van der Waals surface area contributed by atoms with Gasteiger partial charge in [-0.2, -0.15) is 0 Å². The third kappa shape index (κ3) is 5.97. The molecule has 0 aliphatic heterocycles. The van der Waals surface area contributed by atoms with Gasteiger partial charge in [0.25, 0.3) is 5.56 Å². The van der Waals surface area contributed by atoms with Crippen molar-refractivity contribution < 1.29 is 23.1 Å². The Bertz CT molecular complexity index is 1630. The van der Waals surface area contributed by atoms with Crippen molar-refractivity contribution in [1.82, 2.24) is 19.5 Å². The van der Waals surface area contributed by atoms with Gasteiger partial charge < -0.3 is 10.1 Å². The second-order valence-electron chi connectivity index (χ2n) is 9.09. The average molecular weight is 574 g/mol. The number of amides is 2. The number of nitrogens with zero attached hydrogens (tertiary/aromatic N) is 3. The SMILES string of the molecule is COCCN(C)Cc1c(-c2ccc(NC(=O)NOC)cc2)sc2c1c(=O)n(C)c(=O)n2Cc1c(F)cccc1F. The van der Waals surface area contributed by atoms with Crippen LogP contribution in [0.5, 0.6) is 0 Å². The van der Waals surface area contributed by atoms with Crippen molar-refractivity contribution in [3.8, 4) is 10.4 Å². The molecule has 13 heteroatoms. The fourth-order valence-electron chi connectivity index (χ4n) is 4.30. The first-order valence-corrected chi connectivity index (χ1v) is 13.0. The summed E-state index contributed by atoms with van der Waals surface area (Å²) >= 11 is 1.19. The summed E-state index contributed by atoms with van der Waals surface area (Å²) in [5, 5.41) is 2.92. The molecule has 0 radical (unpaired) electrons. The van der Waals surface area contributed by atoms with Crippen LogP contribution in [0.3, 0.4) is 0 Å². The summed E-state index contributed by atoms with van der Waals surface area (Å²) in [6.45, 7) is 0.993. The molecule has 2 aromatic heterocycles. The molecule has 212 valence electrons. The summed E-state index contributed by atoms with van der Waals surface area (Å²) in [5.41, 5.74) is 2.60. The van der Waals surface area contributed by atoms with Crippen LogP contribution in [0.2, 0.25) is 0 Å². The lowest BCUT2D eigenvalue weighted by atomic mass is 10.1. The number of methoxy groups -OCH3 is 1. The number of aromatic nitrogens is 2. The highest BCUT2D eigenvalue weighted by molar-refractivity contribution is 7.22. The molecule has 0 atom stereocenters. The van der Waals surface area contributed by atoms with Gasteiger partial charge in [-0.1, -0.05) is 18.2 Å². The Labute approximate surface area is 232 Å². The Morgan fingerprint density at radius 3 is 2.35 bits per heavy atom. The van der Waals surface area contributed by atoms with Crippen molar-refractivity contribution in [2.45, 2.75) is 13.1 Å². The summed E-state index contributed by atoms with van der Waals surface area (Å²) in [6, 6.07) is 9.88. The number of hydrogen-bond donors (Lipinski definition) is 2. The predicted octanol–water partition coefficient (Wildman–Crippen LogP) is 3.52. The van der Waals surface area contributed by atoms with Crippen molar-refractivity contribution in [2.24, 2.45) is 7.05 Å². The van der Waals surface area contributed by atoms with E-state index in [1.165, 1.54) is 36.1 Å². The molecule has 0 saturated heterocycles. The first-order valence-electron chi connectivity index (χ1n) is 12.2. The molecule has 0 saturated carbocycles. The van der Waals surface area contributed by atoms with Crippen LogP contribution in [0.15, 0.2) is 52.1 Å². The lowest BCUT2D eigenvalue weighted by Crippen LogP contribution is -2.38. The molecule has 4 rings (SSSR count). The Balaban J connectivity index is 1.91. The minimum absolute atomic E-state index is 0.275. The summed E-state index contributed by atoms with van der Waals surface area (Å²) < 4.78 is 36.5. The number of hydrogen-bond acceptors (Lipinski definition) is 7. The monoisotopic (exact) mass is 573 g/mol. The number of thiophene rings is 1. The van der Waals surface area contributed by atoms with E-state index in [1.54, 1.807) is 31.4 Å². The Kier molecular flexibility index (Phi) is 9.10. The zero-order valence-corrected chi connectivity index (χ0v) is 23.2. The number of carbonyl (C=O) groups is 1. The molecule has 2 aromatic carbocycles. The van der Waals surface area contributed by atoms with E-state index in [-0.39, 0.29) is 5.56 Å². The average Bonchev–Trinajstić information content (AvgIpc) is 3.29. The topological polar surface area (TPSA) is 107 Å². The number of benzene rings is 2. The summed E-state index contributed by atoms with van der Waals surface area (Å²) in [7, 11) is 6.14. The highest BCUT2D eigenvalue weighted by atomic mass is 32.1. The number of anilines is 1. The maximum Gasteiger partial charge on any atom is 0.343 e. The van der Waals surface area contributed by atoms with Gasteiger partial charge in [-0.3, -0.25) is 23.7 Å². The first kappa shape index (κ1) is 29.1. The molecule has 0 fully saturated rings. The van der Waals surface area contributed by atoms with E-state index < -0.39 is 35.5 Å². The normalized spacial score (nSPS) is 11.4. The molecule has 0 unspecified atom stereocenters. The first-order chi connectivity index (χ1) is 19.2. The predicted molar refractivity (Wildman–Crippen MR) is 150 cm³/mol. The highest BCUT2D eigenvalue weighted by Gasteiger charge is 2.24. The third-order valence-electron chi connectivity index (χ3n) is 6.35. The Morgan fingerprint density at radius 1 is 1.05 bits per heavy atom. The number of ether oxygens (including phenoxy) is 1. The van der Waals surface area contributed by atoms with Crippen LogP contribution >= 0.6 is 11.3 Å². The van der Waals surface area contributed by atoms with Crippen molar-refractivity contribution in [3.05, 3.63) is 86.1 Å². The summed E-state index contributed by atoms with van der Waals surface area (Å²) in [5.74, 6) is -1.57. The minimum atomic E-state index is -0.786. The van der Waals surface area contributed by atoms with Crippen molar-refractivity contribution >= 4 is 33.3 Å². The Hall–Kier alpha value is -3.91. The van der Waals surface area contributed by atoms with Gasteiger partial charge in [-0.25, -0.2) is 23.9 Å². The van der Waals surface area contributed by atoms with Gasteiger partial charge >= 0.3 is 11.7 Å².